The normalized spacial score (nSPS) is 16.1. The van der Waals surface area contributed by atoms with E-state index in [0.717, 1.165) is 43.0 Å². The van der Waals surface area contributed by atoms with Gasteiger partial charge in [0.15, 0.2) is 5.78 Å². The molecule has 8 heteroatoms. The summed E-state index contributed by atoms with van der Waals surface area (Å²) in [6, 6.07) is 10.3. The highest BCUT2D eigenvalue weighted by Gasteiger charge is 2.29. The molecule has 1 aliphatic heterocycles. The average molecular weight is 455 g/mol. The lowest BCUT2D eigenvalue weighted by Crippen LogP contribution is -2.51. The highest BCUT2D eigenvalue weighted by Crippen LogP contribution is 2.25. The minimum Gasteiger partial charge on any atom is -0.444 e. The number of morpholine rings is 1. The first-order chi connectivity index (χ1) is 15.5. The van der Waals surface area contributed by atoms with E-state index in [0.29, 0.717) is 6.42 Å². The molecule has 1 fully saturated rings. The largest absolute Gasteiger partial charge is 0.444 e. The fourth-order valence-electron chi connectivity index (χ4n) is 3.62. The van der Waals surface area contributed by atoms with Gasteiger partial charge in [-0.25, -0.2) is 4.79 Å². The number of anilines is 1. The molecular weight excluding hydrogens is 420 g/mol. The molecule has 1 atom stereocenters. The van der Waals surface area contributed by atoms with Crippen molar-refractivity contribution in [3.63, 3.8) is 0 Å². The predicted molar refractivity (Wildman–Crippen MR) is 128 cm³/mol. The van der Waals surface area contributed by atoms with E-state index in [1.165, 1.54) is 5.69 Å². The van der Waals surface area contributed by atoms with Crippen LogP contribution in [0.4, 0.5) is 10.5 Å². The maximum Gasteiger partial charge on any atom is 0.408 e. The molecule has 33 heavy (non-hydrogen) atoms. The van der Waals surface area contributed by atoms with Gasteiger partial charge >= 0.3 is 6.09 Å². The maximum atomic E-state index is 12.7. The summed E-state index contributed by atoms with van der Waals surface area (Å²) in [4.78, 5) is 31.1. The standard InChI is InChI=1S/C25H34N4O4/c1-24(2,3)33-23(31)28-17-22(30)25(4,26)14-18-13-20(16-27-15-18)19-5-7-21(8-6-19)29-9-11-32-12-10-29/h5-8,13,15-16H,9-12,14,17,26H2,1-4H3,(H,28,31). The van der Waals surface area contributed by atoms with Crippen molar-refractivity contribution in [2.45, 2.75) is 45.3 Å². The van der Waals surface area contributed by atoms with E-state index >= 15 is 0 Å². The molecule has 2 aromatic rings. The molecule has 0 saturated carbocycles. The van der Waals surface area contributed by atoms with Gasteiger partial charge in [-0.15, -0.1) is 0 Å². The summed E-state index contributed by atoms with van der Waals surface area (Å²) in [6.07, 6.45) is 3.17. The number of hydrogen-bond acceptors (Lipinski definition) is 7. The number of ketones is 1. The van der Waals surface area contributed by atoms with Crippen molar-refractivity contribution >= 4 is 17.6 Å². The van der Waals surface area contributed by atoms with Crippen LogP contribution in [0.5, 0.6) is 0 Å². The number of hydrogen-bond donors (Lipinski definition) is 2. The molecule has 0 spiro atoms. The van der Waals surface area contributed by atoms with Crippen molar-refractivity contribution < 1.29 is 19.1 Å². The zero-order valence-electron chi connectivity index (χ0n) is 19.9. The van der Waals surface area contributed by atoms with Crippen LogP contribution in [0.1, 0.15) is 33.3 Å². The van der Waals surface area contributed by atoms with Crippen LogP contribution in [0.25, 0.3) is 11.1 Å². The number of ether oxygens (including phenoxy) is 2. The number of alkyl carbamates (subject to hydrolysis) is 1. The average Bonchev–Trinajstić information content (AvgIpc) is 2.77. The number of pyridine rings is 1. The molecule has 3 rings (SSSR count). The highest BCUT2D eigenvalue weighted by molar-refractivity contribution is 5.91. The van der Waals surface area contributed by atoms with Crippen molar-refractivity contribution in [3.8, 4) is 11.1 Å². The summed E-state index contributed by atoms with van der Waals surface area (Å²) in [5, 5.41) is 2.48. The Bertz CT molecular complexity index is 961. The van der Waals surface area contributed by atoms with Crippen LogP contribution in [-0.2, 0) is 20.7 Å². The Labute approximate surface area is 195 Å². The topological polar surface area (TPSA) is 107 Å². The van der Waals surface area contributed by atoms with Gasteiger partial charge in [0.2, 0.25) is 0 Å². The van der Waals surface area contributed by atoms with Gasteiger partial charge in [0.1, 0.15) is 5.60 Å². The molecule has 1 amide bonds. The molecule has 1 aliphatic rings. The van der Waals surface area contributed by atoms with Crippen molar-refractivity contribution in [1.29, 1.82) is 0 Å². The fourth-order valence-corrected chi connectivity index (χ4v) is 3.62. The molecule has 1 aromatic heterocycles. The van der Waals surface area contributed by atoms with Crippen LogP contribution >= 0.6 is 0 Å². The quantitative estimate of drug-likeness (QED) is 0.662. The van der Waals surface area contributed by atoms with Gasteiger partial charge in [-0.2, -0.15) is 0 Å². The Hall–Kier alpha value is -2.97. The number of benzene rings is 1. The lowest BCUT2D eigenvalue weighted by atomic mass is 9.89. The lowest BCUT2D eigenvalue weighted by Gasteiger charge is -2.29. The second-order valence-electron chi connectivity index (χ2n) is 9.60. The number of rotatable bonds is 7. The van der Waals surface area contributed by atoms with Crippen LogP contribution in [0, 0.1) is 0 Å². The molecule has 1 unspecified atom stereocenters. The molecule has 0 aliphatic carbocycles. The molecule has 178 valence electrons. The Balaban J connectivity index is 1.62. The molecule has 3 N–H and O–H groups in total. The van der Waals surface area contributed by atoms with E-state index in [-0.39, 0.29) is 12.3 Å². The summed E-state index contributed by atoms with van der Waals surface area (Å²) in [5.41, 5.74) is 8.53. The van der Waals surface area contributed by atoms with Crippen molar-refractivity contribution in [2.75, 3.05) is 37.7 Å². The fraction of sp³-hybridized carbons (Fsp3) is 0.480. The number of Topliss-reactive ketones (excluding diaryl/α,β-unsaturated/α-hetero) is 1. The molecule has 2 heterocycles. The number of nitrogens with two attached hydrogens (primary N) is 1. The van der Waals surface area contributed by atoms with E-state index in [1.807, 2.05) is 6.07 Å². The summed E-state index contributed by atoms with van der Waals surface area (Å²) in [5.74, 6) is -0.284. The van der Waals surface area contributed by atoms with Crippen molar-refractivity contribution in [3.05, 3.63) is 48.3 Å². The van der Waals surface area contributed by atoms with Gasteiger partial charge in [-0.3, -0.25) is 9.78 Å². The van der Waals surface area contributed by atoms with Gasteiger partial charge in [0, 0.05) is 36.7 Å². The van der Waals surface area contributed by atoms with Gasteiger partial charge in [-0.1, -0.05) is 12.1 Å². The maximum absolute atomic E-state index is 12.7. The third kappa shape index (κ3) is 7.27. The second-order valence-corrected chi connectivity index (χ2v) is 9.60. The molecule has 1 saturated heterocycles. The Morgan fingerprint density at radius 2 is 1.76 bits per heavy atom. The molecule has 8 nitrogen and oxygen atoms in total. The smallest absolute Gasteiger partial charge is 0.408 e. The van der Waals surface area contributed by atoms with Gasteiger partial charge in [-0.05, 0) is 63.4 Å². The van der Waals surface area contributed by atoms with Crippen LogP contribution < -0.4 is 16.0 Å². The van der Waals surface area contributed by atoms with E-state index in [4.69, 9.17) is 15.2 Å². The first kappa shape index (κ1) is 24.7. The number of nitrogens with one attached hydrogen (secondary N) is 1. The minimum absolute atomic E-state index is 0.196. The first-order valence-corrected chi connectivity index (χ1v) is 11.2. The highest BCUT2D eigenvalue weighted by atomic mass is 16.6. The van der Waals surface area contributed by atoms with Crippen LogP contribution in [-0.4, -0.2) is 60.8 Å². The molecule has 0 radical (unpaired) electrons. The van der Waals surface area contributed by atoms with E-state index < -0.39 is 17.2 Å². The summed E-state index contributed by atoms with van der Waals surface area (Å²) in [7, 11) is 0. The molecular formula is C25H34N4O4. The van der Waals surface area contributed by atoms with E-state index in [9.17, 15) is 9.59 Å². The Morgan fingerprint density at radius 1 is 1.09 bits per heavy atom. The SMILES string of the molecule is CC(C)(C)OC(=O)NCC(=O)C(C)(N)Cc1cncc(-c2ccc(N3CCOCC3)cc2)c1. The van der Waals surface area contributed by atoms with Crippen LogP contribution in [0.15, 0.2) is 42.7 Å². The van der Waals surface area contributed by atoms with Gasteiger partial charge in [0.05, 0.1) is 25.3 Å². The first-order valence-electron chi connectivity index (χ1n) is 11.2. The summed E-state index contributed by atoms with van der Waals surface area (Å²) >= 11 is 0. The Morgan fingerprint density at radius 3 is 2.39 bits per heavy atom. The van der Waals surface area contributed by atoms with E-state index in [1.54, 1.807) is 40.1 Å². The van der Waals surface area contributed by atoms with Gasteiger partial charge in [0.25, 0.3) is 0 Å². The van der Waals surface area contributed by atoms with Crippen LogP contribution in [0.3, 0.4) is 0 Å². The lowest BCUT2D eigenvalue weighted by molar-refractivity contribution is -0.122. The third-order valence-corrected chi connectivity index (χ3v) is 5.37. The third-order valence-electron chi connectivity index (χ3n) is 5.37. The minimum atomic E-state index is -1.16. The molecule has 1 aromatic carbocycles. The number of amides is 1. The number of nitrogens with zero attached hydrogens (tertiary/aromatic N) is 2. The summed E-state index contributed by atoms with van der Waals surface area (Å²) in [6.45, 7) is 10.0. The van der Waals surface area contributed by atoms with Crippen molar-refractivity contribution in [1.82, 2.24) is 10.3 Å². The monoisotopic (exact) mass is 454 g/mol. The Kier molecular flexibility index (Phi) is 7.71. The number of carbonyl (C=O) groups excluding carboxylic acids is 2. The van der Waals surface area contributed by atoms with Crippen molar-refractivity contribution in [2.24, 2.45) is 5.73 Å². The van der Waals surface area contributed by atoms with Gasteiger partial charge < -0.3 is 25.4 Å². The second kappa shape index (κ2) is 10.3. The zero-order chi connectivity index (χ0) is 24.1. The number of aromatic nitrogens is 1. The zero-order valence-corrected chi connectivity index (χ0v) is 19.9. The molecule has 0 bridgehead atoms. The predicted octanol–water partition coefficient (Wildman–Crippen LogP) is 2.94. The van der Waals surface area contributed by atoms with E-state index in [2.05, 4.69) is 39.5 Å². The number of carbonyl (C=O) groups is 2. The summed E-state index contributed by atoms with van der Waals surface area (Å²) < 4.78 is 10.6. The van der Waals surface area contributed by atoms with Crippen LogP contribution in [0.2, 0.25) is 0 Å².